The molecule has 0 spiro atoms. The van der Waals surface area contributed by atoms with E-state index < -0.39 is 12.1 Å². The first-order chi connectivity index (χ1) is 19.6. The summed E-state index contributed by atoms with van der Waals surface area (Å²) < 4.78 is 53.6. The molecule has 15 heteroatoms. The number of hydrogen-bond acceptors (Lipinski definition) is 10. The molecule has 0 radical (unpaired) electrons. The van der Waals surface area contributed by atoms with Crippen molar-refractivity contribution < 1.29 is 46.5 Å². The molecule has 2 heterocycles. The highest BCUT2D eigenvalue weighted by Crippen LogP contribution is 2.32. The van der Waals surface area contributed by atoms with Crippen molar-refractivity contribution in [3.63, 3.8) is 0 Å². The van der Waals surface area contributed by atoms with E-state index in [1.165, 1.54) is 0 Å². The number of carbonyl (C=O) groups excluding carboxylic acids is 1. The molecule has 1 amide bonds. The largest absolute Gasteiger partial charge is 0.497 e. The minimum absolute atomic E-state index is 0.255. The highest BCUT2D eigenvalue weighted by atomic mass is 19.4. The number of halogens is 3. The van der Waals surface area contributed by atoms with E-state index in [1.54, 1.807) is 56.7 Å². The van der Waals surface area contributed by atoms with Crippen LogP contribution in [0.25, 0.3) is 11.5 Å². The molecule has 222 valence electrons. The second-order valence-corrected chi connectivity index (χ2v) is 8.55. The number of methoxy groups -OCH3 is 2. The molecule has 0 saturated carbocycles. The smallest absolute Gasteiger partial charge is 0.490 e. The Kier molecular flexibility index (Phi) is 11.3. The maximum absolute atomic E-state index is 12.6. The lowest BCUT2D eigenvalue weighted by atomic mass is 10.1. The molecule has 1 aromatic heterocycles. The van der Waals surface area contributed by atoms with Gasteiger partial charge < -0.3 is 34.4 Å². The van der Waals surface area contributed by atoms with Crippen LogP contribution in [0, 0.1) is 0 Å². The Morgan fingerprint density at radius 1 is 1.07 bits per heavy atom. The average Bonchev–Trinajstić information content (AvgIpc) is 3.44. The van der Waals surface area contributed by atoms with Gasteiger partial charge in [0.1, 0.15) is 11.5 Å². The minimum atomic E-state index is -5.08. The Morgan fingerprint density at radius 2 is 1.80 bits per heavy atom. The van der Waals surface area contributed by atoms with E-state index in [1.807, 2.05) is 0 Å². The Bertz CT molecular complexity index is 1300. The van der Waals surface area contributed by atoms with Gasteiger partial charge in [-0.25, -0.2) is 4.79 Å². The number of nitrogens with one attached hydrogen (secondary N) is 2. The summed E-state index contributed by atoms with van der Waals surface area (Å²) in [5, 5.41) is 21.4. The number of alkyl halides is 3. The number of nitrogens with zero attached hydrogens (tertiary/aromatic N) is 3. The molecule has 41 heavy (non-hydrogen) atoms. The van der Waals surface area contributed by atoms with Crippen molar-refractivity contribution in [2.24, 2.45) is 0 Å². The fraction of sp³-hybridized carbons (Fsp3) is 0.385. The number of carboxylic acid groups (broad SMARTS) is 1. The number of rotatable bonds is 10. The fourth-order valence-corrected chi connectivity index (χ4v) is 3.64. The number of aliphatic carboxylic acids is 1. The van der Waals surface area contributed by atoms with E-state index in [-0.39, 0.29) is 5.91 Å². The molecule has 1 aliphatic rings. The molecular formula is C26H30F3N5O7. The molecule has 2 aromatic carbocycles. The van der Waals surface area contributed by atoms with Crippen LogP contribution in [-0.2, 0) is 9.53 Å². The van der Waals surface area contributed by atoms with Gasteiger partial charge in [0.05, 0.1) is 33.0 Å². The molecule has 0 aliphatic carbocycles. The minimum Gasteiger partial charge on any atom is -0.497 e. The van der Waals surface area contributed by atoms with Gasteiger partial charge >= 0.3 is 18.2 Å². The van der Waals surface area contributed by atoms with Crippen molar-refractivity contribution in [3.05, 3.63) is 48.0 Å². The standard InChI is InChI=1S/C24H29N5O5.C2HF3O2/c1-31-19-6-3-5-17(15-19)22(30)26-18-7-8-20(21(16-18)32-2)23-27-28-24(34-23)25-9-4-10-29-11-13-33-14-12-29;3-2(4,5)1(6)7/h3,5-8,15-16H,4,9-14H2,1-2H3,(H,25,28)(H,26,30);(H,6,7). The van der Waals surface area contributed by atoms with Crippen molar-refractivity contribution in [2.75, 3.05) is 64.2 Å². The molecule has 0 atom stereocenters. The van der Waals surface area contributed by atoms with E-state index in [0.29, 0.717) is 40.2 Å². The molecule has 4 rings (SSSR count). The molecular weight excluding hydrogens is 551 g/mol. The first kappa shape index (κ1) is 31.2. The molecule has 1 fully saturated rings. The third-order valence-corrected chi connectivity index (χ3v) is 5.72. The van der Waals surface area contributed by atoms with Crippen molar-refractivity contribution in [2.45, 2.75) is 12.6 Å². The summed E-state index contributed by atoms with van der Waals surface area (Å²) in [6, 6.07) is 12.5. The summed E-state index contributed by atoms with van der Waals surface area (Å²) in [6.45, 7) is 5.26. The number of morpholine rings is 1. The van der Waals surface area contributed by atoms with Crippen molar-refractivity contribution in [3.8, 4) is 23.0 Å². The van der Waals surface area contributed by atoms with Crippen LogP contribution >= 0.6 is 0 Å². The van der Waals surface area contributed by atoms with Gasteiger partial charge in [-0.2, -0.15) is 13.2 Å². The Morgan fingerprint density at radius 3 is 2.46 bits per heavy atom. The zero-order valence-electron chi connectivity index (χ0n) is 22.4. The molecule has 0 bridgehead atoms. The summed E-state index contributed by atoms with van der Waals surface area (Å²) in [4.78, 5) is 23.9. The third kappa shape index (κ3) is 9.65. The zero-order valence-corrected chi connectivity index (χ0v) is 22.4. The number of carboxylic acids is 1. The third-order valence-electron chi connectivity index (χ3n) is 5.72. The Labute approximate surface area is 233 Å². The number of ether oxygens (including phenoxy) is 3. The molecule has 0 unspecified atom stereocenters. The van der Waals surface area contributed by atoms with Gasteiger partial charge in [-0.15, -0.1) is 5.10 Å². The highest BCUT2D eigenvalue weighted by Gasteiger charge is 2.38. The number of amides is 1. The Hall–Kier alpha value is -4.37. The average molecular weight is 582 g/mol. The van der Waals surface area contributed by atoms with Crippen LogP contribution < -0.4 is 20.1 Å². The maximum Gasteiger partial charge on any atom is 0.490 e. The van der Waals surface area contributed by atoms with Crippen molar-refractivity contribution in [1.82, 2.24) is 15.1 Å². The first-order valence-corrected chi connectivity index (χ1v) is 12.4. The van der Waals surface area contributed by atoms with E-state index >= 15 is 0 Å². The SMILES string of the molecule is COc1cccc(C(=O)Nc2ccc(-c3nnc(NCCCN4CCOCC4)o3)c(OC)c2)c1.O=C(O)C(F)(F)F. The monoisotopic (exact) mass is 581 g/mol. The Balaban J connectivity index is 0.000000587. The lowest BCUT2D eigenvalue weighted by Crippen LogP contribution is -2.37. The summed E-state index contributed by atoms with van der Waals surface area (Å²) in [5.74, 6) is -1.56. The number of benzene rings is 2. The van der Waals surface area contributed by atoms with E-state index in [0.717, 1.165) is 45.8 Å². The molecule has 12 nitrogen and oxygen atoms in total. The van der Waals surface area contributed by atoms with Gasteiger partial charge in [0, 0.05) is 37.0 Å². The van der Waals surface area contributed by atoms with Crippen molar-refractivity contribution >= 4 is 23.6 Å². The van der Waals surface area contributed by atoms with Crippen LogP contribution in [0.1, 0.15) is 16.8 Å². The number of anilines is 2. The lowest BCUT2D eigenvalue weighted by molar-refractivity contribution is -0.192. The summed E-state index contributed by atoms with van der Waals surface area (Å²) in [6.07, 6.45) is -4.12. The fourth-order valence-electron chi connectivity index (χ4n) is 3.64. The number of hydrogen-bond donors (Lipinski definition) is 3. The predicted octanol–water partition coefficient (Wildman–Crippen LogP) is 3.77. The second-order valence-electron chi connectivity index (χ2n) is 8.55. The van der Waals surface area contributed by atoms with E-state index in [4.69, 9.17) is 28.5 Å². The van der Waals surface area contributed by atoms with E-state index in [9.17, 15) is 18.0 Å². The van der Waals surface area contributed by atoms with Crippen LogP contribution in [0.4, 0.5) is 24.9 Å². The van der Waals surface area contributed by atoms with Crippen LogP contribution in [-0.4, -0.2) is 91.9 Å². The van der Waals surface area contributed by atoms with Crippen molar-refractivity contribution in [1.29, 1.82) is 0 Å². The molecule has 1 saturated heterocycles. The second kappa shape index (κ2) is 14.9. The number of aromatic nitrogens is 2. The van der Waals surface area contributed by atoms with E-state index in [2.05, 4.69) is 25.7 Å². The topological polar surface area (TPSA) is 148 Å². The normalized spacial score (nSPS) is 13.5. The highest BCUT2D eigenvalue weighted by molar-refractivity contribution is 6.04. The van der Waals surface area contributed by atoms with Crippen LogP contribution in [0.2, 0.25) is 0 Å². The van der Waals surface area contributed by atoms with Gasteiger partial charge in [-0.3, -0.25) is 9.69 Å². The molecule has 1 aliphatic heterocycles. The maximum atomic E-state index is 12.6. The van der Waals surface area contributed by atoms with Gasteiger partial charge in [0.2, 0.25) is 0 Å². The number of carbonyl (C=O) groups is 2. The predicted molar refractivity (Wildman–Crippen MR) is 141 cm³/mol. The van der Waals surface area contributed by atoms with Crippen LogP contribution in [0.5, 0.6) is 11.5 Å². The summed E-state index contributed by atoms with van der Waals surface area (Å²) in [7, 11) is 3.11. The van der Waals surface area contributed by atoms with Gasteiger partial charge in [-0.1, -0.05) is 11.2 Å². The summed E-state index contributed by atoms with van der Waals surface area (Å²) in [5.41, 5.74) is 1.70. The molecule has 3 N–H and O–H groups in total. The lowest BCUT2D eigenvalue weighted by Gasteiger charge is -2.26. The van der Waals surface area contributed by atoms with Crippen LogP contribution in [0.15, 0.2) is 46.9 Å². The van der Waals surface area contributed by atoms with Gasteiger partial charge in [0.25, 0.3) is 11.8 Å². The van der Waals surface area contributed by atoms with Gasteiger partial charge in [-0.05, 0) is 43.3 Å². The zero-order chi connectivity index (χ0) is 29.8. The first-order valence-electron chi connectivity index (χ1n) is 12.4. The quantitative estimate of drug-likeness (QED) is 0.301. The summed E-state index contributed by atoms with van der Waals surface area (Å²) >= 11 is 0. The molecule has 3 aromatic rings. The van der Waals surface area contributed by atoms with Crippen LogP contribution in [0.3, 0.4) is 0 Å². The van der Waals surface area contributed by atoms with Gasteiger partial charge in [0.15, 0.2) is 0 Å².